The second-order valence-electron chi connectivity index (χ2n) is 5.07. The summed E-state index contributed by atoms with van der Waals surface area (Å²) < 4.78 is 5.74. The molecule has 0 aromatic heterocycles. The van der Waals surface area contributed by atoms with Gasteiger partial charge >= 0.3 is 0 Å². The minimum absolute atomic E-state index is 0.0531. The SMILES string of the molecule is C[C@@H](c1cccc(Oc2ccc([N+](=O)[O-])cc2)c1)N(C)C. The molecule has 2 aromatic rings. The smallest absolute Gasteiger partial charge is 0.269 e. The third kappa shape index (κ3) is 3.79. The van der Waals surface area contributed by atoms with Gasteiger partial charge in [0, 0.05) is 18.2 Å². The van der Waals surface area contributed by atoms with Gasteiger partial charge in [0.15, 0.2) is 0 Å². The van der Waals surface area contributed by atoms with Gasteiger partial charge in [-0.15, -0.1) is 0 Å². The maximum absolute atomic E-state index is 10.6. The first-order valence-electron chi connectivity index (χ1n) is 6.66. The monoisotopic (exact) mass is 286 g/mol. The quantitative estimate of drug-likeness (QED) is 0.615. The summed E-state index contributed by atoms with van der Waals surface area (Å²) in [7, 11) is 4.04. The maximum atomic E-state index is 10.6. The van der Waals surface area contributed by atoms with Crippen LogP contribution in [0.5, 0.6) is 11.5 Å². The van der Waals surface area contributed by atoms with E-state index in [1.54, 1.807) is 12.1 Å². The Kier molecular flexibility index (Phi) is 4.55. The minimum Gasteiger partial charge on any atom is -0.457 e. The summed E-state index contributed by atoms with van der Waals surface area (Å²) in [6.07, 6.45) is 0. The van der Waals surface area contributed by atoms with Crippen molar-refractivity contribution in [2.75, 3.05) is 14.1 Å². The third-order valence-corrected chi connectivity index (χ3v) is 3.40. The van der Waals surface area contributed by atoms with Gasteiger partial charge in [0.2, 0.25) is 0 Å². The van der Waals surface area contributed by atoms with Crippen molar-refractivity contribution in [3.05, 3.63) is 64.2 Å². The van der Waals surface area contributed by atoms with Crippen molar-refractivity contribution < 1.29 is 9.66 Å². The molecule has 2 aromatic carbocycles. The summed E-state index contributed by atoms with van der Waals surface area (Å²) in [5, 5.41) is 10.6. The van der Waals surface area contributed by atoms with Gasteiger partial charge in [-0.2, -0.15) is 0 Å². The molecular formula is C16H18N2O3. The van der Waals surface area contributed by atoms with Gasteiger partial charge in [-0.3, -0.25) is 10.1 Å². The highest BCUT2D eigenvalue weighted by molar-refractivity contribution is 5.39. The number of nitro benzene ring substituents is 1. The van der Waals surface area contributed by atoms with Crippen molar-refractivity contribution in [1.29, 1.82) is 0 Å². The summed E-state index contributed by atoms with van der Waals surface area (Å²) in [5.74, 6) is 1.30. The van der Waals surface area contributed by atoms with Gasteiger partial charge in [0.25, 0.3) is 5.69 Å². The van der Waals surface area contributed by atoms with Crippen LogP contribution in [0.25, 0.3) is 0 Å². The minimum atomic E-state index is -0.427. The molecule has 0 aliphatic heterocycles. The number of rotatable bonds is 5. The van der Waals surface area contributed by atoms with Crippen LogP contribution in [-0.4, -0.2) is 23.9 Å². The predicted octanol–water partition coefficient (Wildman–Crippen LogP) is 4.01. The molecule has 0 N–H and O–H groups in total. The van der Waals surface area contributed by atoms with Crippen LogP contribution in [0.1, 0.15) is 18.5 Å². The summed E-state index contributed by atoms with van der Waals surface area (Å²) in [6, 6.07) is 14.2. The van der Waals surface area contributed by atoms with Gasteiger partial charge in [0.1, 0.15) is 11.5 Å². The molecule has 1 atom stereocenters. The molecule has 0 bridgehead atoms. The highest BCUT2D eigenvalue weighted by Gasteiger charge is 2.09. The molecule has 0 fully saturated rings. The first-order valence-corrected chi connectivity index (χ1v) is 6.66. The zero-order valence-corrected chi connectivity index (χ0v) is 12.3. The van der Waals surface area contributed by atoms with Crippen molar-refractivity contribution in [1.82, 2.24) is 4.90 Å². The van der Waals surface area contributed by atoms with Gasteiger partial charge in [-0.1, -0.05) is 12.1 Å². The van der Waals surface area contributed by atoms with E-state index in [1.807, 2.05) is 38.4 Å². The van der Waals surface area contributed by atoms with Crippen LogP contribution in [0, 0.1) is 10.1 Å². The normalized spacial score (nSPS) is 12.2. The molecule has 2 rings (SSSR count). The Morgan fingerprint density at radius 3 is 2.33 bits per heavy atom. The van der Waals surface area contributed by atoms with Crippen molar-refractivity contribution in [3.8, 4) is 11.5 Å². The van der Waals surface area contributed by atoms with E-state index < -0.39 is 4.92 Å². The van der Waals surface area contributed by atoms with E-state index in [4.69, 9.17) is 4.74 Å². The Labute approximate surface area is 123 Å². The molecule has 0 saturated carbocycles. The number of nitro groups is 1. The number of ether oxygens (including phenoxy) is 1. The van der Waals surface area contributed by atoms with Gasteiger partial charge in [-0.05, 0) is 50.8 Å². The number of non-ortho nitro benzene ring substituents is 1. The van der Waals surface area contributed by atoms with E-state index in [-0.39, 0.29) is 11.7 Å². The topological polar surface area (TPSA) is 55.6 Å². The number of hydrogen-bond acceptors (Lipinski definition) is 4. The molecular weight excluding hydrogens is 268 g/mol. The predicted molar refractivity (Wildman–Crippen MR) is 81.7 cm³/mol. The fourth-order valence-electron chi connectivity index (χ4n) is 1.91. The first kappa shape index (κ1) is 15.0. The fourth-order valence-corrected chi connectivity index (χ4v) is 1.91. The van der Waals surface area contributed by atoms with E-state index in [1.165, 1.54) is 12.1 Å². The molecule has 0 aliphatic carbocycles. The lowest BCUT2D eigenvalue weighted by Gasteiger charge is -2.20. The lowest BCUT2D eigenvalue weighted by atomic mass is 10.1. The number of nitrogens with zero attached hydrogens (tertiary/aromatic N) is 2. The molecule has 5 nitrogen and oxygen atoms in total. The molecule has 5 heteroatoms. The molecule has 0 unspecified atom stereocenters. The number of benzene rings is 2. The summed E-state index contributed by atoms with van der Waals surface area (Å²) in [5.41, 5.74) is 1.21. The van der Waals surface area contributed by atoms with Crippen molar-refractivity contribution in [2.24, 2.45) is 0 Å². The molecule has 0 radical (unpaired) electrons. The maximum Gasteiger partial charge on any atom is 0.269 e. The van der Waals surface area contributed by atoms with Crippen LogP contribution in [0.15, 0.2) is 48.5 Å². The van der Waals surface area contributed by atoms with E-state index >= 15 is 0 Å². The van der Waals surface area contributed by atoms with E-state index in [2.05, 4.69) is 11.8 Å². The average Bonchev–Trinajstić information content (AvgIpc) is 2.47. The molecule has 0 aliphatic rings. The second-order valence-corrected chi connectivity index (χ2v) is 5.07. The van der Waals surface area contributed by atoms with Gasteiger partial charge < -0.3 is 9.64 Å². The standard InChI is InChI=1S/C16H18N2O3/c1-12(17(2)3)13-5-4-6-16(11-13)21-15-9-7-14(8-10-15)18(19)20/h4-12H,1-3H3/t12-/m0/s1. The van der Waals surface area contributed by atoms with E-state index in [0.717, 1.165) is 11.3 Å². The van der Waals surface area contributed by atoms with Crippen LogP contribution in [0.2, 0.25) is 0 Å². The van der Waals surface area contributed by atoms with Crippen molar-refractivity contribution >= 4 is 5.69 Å². The van der Waals surface area contributed by atoms with Crippen LogP contribution in [0.3, 0.4) is 0 Å². The van der Waals surface area contributed by atoms with Gasteiger partial charge in [0.05, 0.1) is 4.92 Å². The summed E-state index contributed by atoms with van der Waals surface area (Å²) in [6.45, 7) is 2.12. The lowest BCUT2D eigenvalue weighted by molar-refractivity contribution is -0.384. The third-order valence-electron chi connectivity index (χ3n) is 3.40. The van der Waals surface area contributed by atoms with Gasteiger partial charge in [-0.25, -0.2) is 0 Å². The summed E-state index contributed by atoms with van der Waals surface area (Å²) in [4.78, 5) is 12.3. The number of hydrogen-bond donors (Lipinski definition) is 0. The van der Waals surface area contributed by atoms with E-state index in [9.17, 15) is 10.1 Å². The molecule has 0 saturated heterocycles. The average molecular weight is 286 g/mol. The first-order chi connectivity index (χ1) is 9.97. The second kappa shape index (κ2) is 6.37. The summed E-state index contributed by atoms with van der Waals surface area (Å²) >= 11 is 0. The Hall–Kier alpha value is -2.40. The van der Waals surface area contributed by atoms with Crippen molar-refractivity contribution in [2.45, 2.75) is 13.0 Å². The largest absolute Gasteiger partial charge is 0.457 e. The Morgan fingerprint density at radius 1 is 1.10 bits per heavy atom. The highest BCUT2D eigenvalue weighted by Crippen LogP contribution is 2.27. The van der Waals surface area contributed by atoms with E-state index in [0.29, 0.717) is 5.75 Å². The molecule has 0 amide bonds. The van der Waals surface area contributed by atoms with Crippen LogP contribution < -0.4 is 4.74 Å². The lowest BCUT2D eigenvalue weighted by Crippen LogP contribution is -2.16. The Morgan fingerprint density at radius 2 is 1.76 bits per heavy atom. The molecule has 110 valence electrons. The molecule has 21 heavy (non-hydrogen) atoms. The molecule has 0 heterocycles. The van der Waals surface area contributed by atoms with Crippen molar-refractivity contribution in [3.63, 3.8) is 0 Å². The zero-order valence-electron chi connectivity index (χ0n) is 12.3. The van der Waals surface area contributed by atoms with Crippen LogP contribution >= 0.6 is 0 Å². The van der Waals surface area contributed by atoms with Crippen LogP contribution in [-0.2, 0) is 0 Å². The highest BCUT2D eigenvalue weighted by atomic mass is 16.6. The molecule has 0 spiro atoms. The van der Waals surface area contributed by atoms with Crippen LogP contribution in [0.4, 0.5) is 5.69 Å². The zero-order chi connectivity index (χ0) is 15.4. The fraction of sp³-hybridized carbons (Fsp3) is 0.250. The Balaban J connectivity index is 2.16. The Bertz CT molecular complexity index is 624.